The van der Waals surface area contributed by atoms with Crippen LogP contribution in [0.4, 0.5) is 0 Å². The predicted molar refractivity (Wildman–Crippen MR) is 58.3 cm³/mol. The summed E-state index contributed by atoms with van der Waals surface area (Å²) >= 11 is 0. The summed E-state index contributed by atoms with van der Waals surface area (Å²) in [5.41, 5.74) is 0. The van der Waals surface area contributed by atoms with E-state index in [1.165, 1.54) is 32.1 Å². The lowest BCUT2D eigenvalue weighted by Gasteiger charge is -2.19. The molecule has 3 heteroatoms. The van der Waals surface area contributed by atoms with E-state index < -0.39 is 0 Å². The van der Waals surface area contributed by atoms with E-state index in [0.29, 0.717) is 0 Å². The Hall–Kier alpha value is -0.0151. The minimum atomic E-state index is 0.148. The van der Waals surface area contributed by atoms with Crippen molar-refractivity contribution >= 4 is 7.12 Å². The molecule has 1 saturated carbocycles. The monoisotopic (exact) mass is 196 g/mol. The molecule has 0 bridgehead atoms. The average Bonchev–Trinajstić information content (AvgIpc) is 2.99. The molecule has 0 aromatic rings. The fraction of sp³-hybridized carbons (Fsp3) is 1.00. The zero-order valence-electron chi connectivity index (χ0n) is 9.21. The third kappa shape index (κ3) is 2.74. The zero-order chi connectivity index (χ0) is 9.80. The first kappa shape index (κ1) is 10.5. The molecule has 2 atom stereocenters. The van der Waals surface area contributed by atoms with E-state index in [-0.39, 0.29) is 7.12 Å². The van der Waals surface area contributed by atoms with E-state index in [4.69, 9.17) is 9.31 Å². The number of hydrogen-bond acceptors (Lipinski definition) is 2. The maximum Gasteiger partial charge on any atom is 0.460 e. The van der Waals surface area contributed by atoms with Gasteiger partial charge >= 0.3 is 7.12 Å². The highest BCUT2D eigenvalue weighted by atomic mass is 16.6. The van der Waals surface area contributed by atoms with E-state index in [2.05, 4.69) is 6.92 Å². The van der Waals surface area contributed by atoms with Crippen LogP contribution in [0.3, 0.4) is 0 Å². The van der Waals surface area contributed by atoms with Gasteiger partial charge in [0.05, 0.1) is 0 Å². The minimum absolute atomic E-state index is 0.148. The quantitative estimate of drug-likeness (QED) is 0.497. The molecule has 2 rings (SSSR count). The highest BCUT2D eigenvalue weighted by molar-refractivity contribution is 6.47. The van der Waals surface area contributed by atoms with Gasteiger partial charge in [-0.25, -0.2) is 0 Å². The zero-order valence-corrected chi connectivity index (χ0v) is 9.21. The molecule has 0 aromatic heterocycles. The molecule has 0 spiro atoms. The second-order valence-electron chi connectivity index (χ2n) is 4.62. The molecule has 0 N–H and O–H groups in total. The van der Waals surface area contributed by atoms with E-state index in [0.717, 1.165) is 31.4 Å². The van der Waals surface area contributed by atoms with Crippen molar-refractivity contribution in [2.24, 2.45) is 5.92 Å². The molecule has 1 aliphatic carbocycles. The largest absolute Gasteiger partial charge is 0.460 e. The first-order valence-electron chi connectivity index (χ1n) is 6.15. The molecule has 2 aliphatic rings. The Morgan fingerprint density at radius 1 is 1.21 bits per heavy atom. The van der Waals surface area contributed by atoms with Gasteiger partial charge < -0.3 is 9.31 Å². The van der Waals surface area contributed by atoms with Gasteiger partial charge in [-0.05, 0) is 24.6 Å². The Bertz CT molecular complexity index is 169. The first-order chi connectivity index (χ1) is 6.92. The van der Waals surface area contributed by atoms with Crippen molar-refractivity contribution in [3.63, 3.8) is 0 Å². The average molecular weight is 196 g/mol. The van der Waals surface area contributed by atoms with Crippen LogP contribution in [-0.2, 0) is 9.31 Å². The Kier molecular flexibility index (Phi) is 3.88. The van der Waals surface area contributed by atoms with Crippen molar-refractivity contribution in [2.45, 2.75) is 51.3 Å². The molecule has 14 heavy (non-hydrogen) atoms. The molecule has 80 valence electrons. The highest BCUT2D eigenvalue weighted by Gasteiger charge is 2.48. The third-order valence-electron chi connectivity index (χ3n) is 3.36. The fourth-order valence-corrected chi connectivity index (χ4v) is 2.35. The van der Waals surface area contributed by atoms with Gasteiger partial charge in [-0.2, -0.15) is 0 Å². The molecule has 1 saturated heterocycles. The highest BCUT2D eigenvalue weighted by Crippen LogP contribution is 2.51. The molecule has 0 amide bonds. The first-order valence-corrected chi connectivity index (χ1v) is 6.15. The normalized spacial score (nSPS) is 31.9. The summed E-state index contributed by atoms with van der Waals surface area (Å²) in [6.07, 6.45) is 7.91. The van der Waals surface area contributed by atoms with Crippen LogP contribution in [0, 0.1) is 5.92 Å². The Balaban J connectivity index is 1.60. The minimum Gasteiger partial charge on any atom is -0.411 e. The Morgan fingerprint density at radius 3 is 2.71 bits per heavy atom. The van der Waals surface area contributed by atoms with Crippen LogP contribution >= 0.6 is 0 Å². The van der Waals surface area contributed by atoms with Gasteiger partial charge in [0.2, 0.25) is 0 Å². The molecular formula is C11H21BO2. The van der Waals surface area contributed by atoms with Gasteiger partial charge in [-0.15, -0.1) is 0 Å². The van der Waals surface area contributed by atoms with Gasteiger partial charge in [0.25, 0.3) is 0 Å². The van der Waals surface area contributed by atoms with Gasteiger partial charge in [0, 0.05) is 13.2 Å². The van der Waals surface area contributed by atoms with Gasteiger partial charge in [-0.3, -0.25) is 0 Å². The van der Waals surface area contributed by atoms with E-state index >= 15 is 0 Å². The number of unbranched alkanes of at least 4 members (excludes halogenated alkanes) is 2. The fourth-order valence-electron chi connectivity index (χ4n) is 2.35. The SMILES string of the molecule is CCCCCC1CC1B1OCCCO1. The van der Waals surface area contributed by atoms with Gasteiger partial charge in [0.15, 0.2) is 0 Å². The molecule has 2 fully saturated rings. The summed E-state index contributed by atoms with van der Waals surface area (Å²) in [5, 5.41) is 0. The topological polar surface area (TPSA) is 18.5 Å². The van der Waals surface area contributed by atoms with Gasteiger partial charge in [-0.1, -0.05) is 32.6 Å². The molecule has 1 heterocycles. The summed E-state index contributed by atoms with van der Waals surface area (Å²) in [5.74, 6) is 1.64. The van der Waals surface area contributed by atoms with Crippen LogP contribution in [0.25, 0.3) is 0 Å². The van der Waals surface area contributed by atoms with Crippen LogP contribution in [-0.4, -0.2) is 20.3 Å². The van der Waals surface area contributed by atoms with Crippen molar-refractivity contribution in [3.8, 4) is 0 Å². The second kappa shape index (κ2) is 5.17. The van der Waals surface area contributed by atoms with E-state index in [9.17, 15) is 0 Å². The van der Waals surface area contributed by atoms with E-state index in [1.54, 1.807) is 0 Å². The molecule has 2 nitrogen and oxygen atoms in total. The summed E-state index contributed by atoms with van der Waals surface area (Å²) < 4.78 is 11.2. The van der Waals surface area contributed by atoms with Crippen molar-refractivity contribution in [1.29, 1.82) is 0 Å². The smallest absolute Gasteiger partial charge is 0.411 e. The molecular weight excluding hydrogens is 175 g/mol. The van der Waals surface area contributed by atoms with Crippen molar-refractivity contribution in [1.82, 2.24) is 0 Å². The number of hydrogen-bond donors (Lipinski definition) is 0. The van der Waals surface area contributed by atoms with Crippen molar-refractivity contribution in [2.75, 3.05) is 13.2 Å². The van der Waals surface area contributed by atoms with Gasteiger partial charge in [0.1, 0.15) is 0 Å². The lowest BCUT2D eigenvalue weighted by Crippen LogP contribution is -2.30. The second-order valence-corrected chi connectivity index (χ2v) is 4.62. The molecule has 1 aliphatic heterocycles. The Morgan fingerprint density at radius 2 is 2.00 bits per heavy atom. The summed E-state index contributed by atoms with van der Waals surface area (Å²) in [6, 6.07) is 0. The van der Waals surface area contributed by atoms with Crippen LogP contribution in [0.1, 0.15) is 45.4 Å². The van der Waals surface area contributed by atoms with Crippen LogP contribution in [0.15, 0.2) is 0 Å². The van der Waals surface area contributed by atoms with E-state index in [1.807, 2.05) is 0 Å². The predicted octanol–water partition coefficient (Wildman–Crippen LogP) is 2.88. The molecule has 2 unspecified atom stereocenters. The van der Waals surface area contributed by atoms with Crippen molar-refractivity contribution < 1.29 is 9.31 Å². The summed E-state index contributed by atoms with van der Waals surface area (Å²) in [7, 11) is 0.148. The lowest BCUT2D eigenvalue weighted by atomic mass is 9.79. The van der Waals surface area contributed by atoms with Crippen molar-refractivity contribution in [3.05, 3.63) is 0 Å². The molecule has 0 radical (unpaired) electrons. The third-order valence-corrected chi connectivity index (χ3v) is 3.36. The molecule has 0 aromatic carbocycles. The maximum absolute atomic E-state index is 5.62. The van der Waals surface area contributed by atoms with Crippen LogP contribution in [0.2, 0.25) is 5.82 Å². The summed E-state index contributed by atoms with van der Waals surface area (Å²) in [6.45, 7) is 4.07. The van der Waals surface area contributed by atoms with Crippen LogP contribution in [0.5, 0.6) is 0 Å². The Labute approximate surface area is 87.5 Å². The lowest BCUT2D eigenvalue weighted by molar-refractivity contribution is 0.132. The number of rotatable bonds is 5. The maximum atomic E-state index is 5.62. The van der Waals surface area contributed by atoms with Crippen LogP contribution < -0.4 is 0 Å². The standard InChI is InChI=1S/C11H21BO2/c1-2-3-4-6-10-9-11(10)12-13-7-5-8-14-12/h10-11H,2-9H2,1H3. The summed E-state index contributed by atoms with van der Waals surface area (Å²) in [4.78, 5) is 0.